The number of amides is 1. The van der Waals surface area contributed by atoms with Gasteiger partial charge in [-0.1, -0.05) is 18.2 Å². The summed E-state index contributed by atoms with van der Waals surface area (Å²) in [5.41, 5.74) is 0.533. The summed E-state index contributed by atoms with van der Waals surface area (Å²) in [6, 6.07) is 6.13. The van der Waals surface area contributed by atoms with Crippen molar-refractivity contribution in [2.75, 3.05) is 0 Å². The molecule has 3 atom stereocenters. The number of hydrogen-bond acceptors (Lipinski definition) is 3. The standard InChI is InChI=1S/C17H20FN3O2/c18-13-4-2-1-3-12(13)5-8-16(22)20-14-6-7-15(17(14)23)21-10-9-19-11-21/h1-4,9-11,14-15,17,23H,5-8H2,(H,20,22)/t14-,15-,17-/m1/s1. The van der Waals surface area contributed by atoms with Crippen LogP contribution in [0.4, 0.5) is 4.39 Å². The second-order valence-electron chi connectivity index (χ2n) is 5.91. The first-order valence-electron chi connectivity index (χ1n) is 7.83. The van der Waals surface area contributed by atoms with Gasteiger partial charge in [-0.15, -0.1) is 0 Å². The van der Waals surface area contributed by atoms with Crippen LogP contribution in [-0.2, 0) is 11.2 Å². The molecule has 23 heavy (non-hydrogen) atoms. The number of aliphatic hydroxyl groups is 1. The fourth-order valence-corrected chi connectivity index (χ4v) is 3.14. The molecule has 1 aliphatic rings. The maximum Gasteiger partial charge on any atom is 0.220 e. The molecule has 1 amide bonds. The Morgan fingerprint density at radius 1 is 1.39 bits per heavy atom. The summed E-state index contributed by atoms with van der Waals surface area (Å²) < 4.78 is 15.4. The maximum atomic E-state index is 13.5. The topological polar surface area (TPSA) is 67.2 Å². The summed E-state index contributed by atoms with van der Waals surface area (Å²) in [4.78, 5) is 16.0. The highest BCUT2D eigenvalue weighted by Crippen LogP contribution is 2.30. The predicted octanol–water partition coefficient (Wildman–Crippen LogP) is 1.84. The number of nitrogens with one attached hydrogen (secondary N) is 1. The van der Waals surface area contributed by atoms with E-state index in [-0.39, 0.29) is 30.2 Å². The Kier molecular flexibility index (Phi) is 4.71. The summed E-state index contributed by atoms with van der Waals surface area (Å²) >= 11 is 0. The molecule has 1 fully saturated rings. The van der Waals surface area contributed by atoms with E-state index in [0.29, 0.717) is 12.0 Å². The molecule has 0 spiro atoms. The van der Waals surface area contributed by atoms with Crippen molar-refractivity contribution in [3.8, 4) is 0 Å². The number of halogens is 1. The zero-order chi connectivity index (χ0) is 16.2. The Hall–Kier alpha value is -2.21. The highest BCUT2D eigenvalue weighted by atomic mass is 19.1. The van der Waals surface area contributed by atoms with Crippen LogP contribution in [0.15, 0.2) is 43.0 Å². The number of carbonyl (C=O) groups is 1. The average molecular weight is 317 g/mol. The lowest BCUT2D eigenvalue weighted by atomic mass is 10.1. The Morgan fingerprint density at radius 3 is 2.96 bits per heavy atom. The van der Waals surface area contributed by atoms with Crippen molar-refractivity contribution in [2.45, 2.75) is 43.9 Å². The molecule has 0 saturated heterocycles. The Bertz CT molecular complexity index is 660. The van der Waals surface area contributed by atoms with Gasteiger partial charge in [0, 0.05) is 18.8 Å². The molecule has 5 nitrogen and oxygen atoms in total. The molecular weight excluding hydrogens is 297 g/mol. The van der Waals surface area contributed by atoms with Gasteiger partial charge in [0.25, 0.3) is 0 Å². The van der Waals surface area contributed by atoms with Crippen molar-refractivity contribution in [3.05, 3.63) is 54.4 Å². The molecule has 1 aliphatic carbocycles. The van der Waals surface area contributed by atoms with Crippen LogP contribution in [-0.4, -0.2) is 32.7 Å². The summed E-state index contributed by atoms with van der Waals surface area (Å²) in [5.74, 6) is -0.454. The van der Waals surface area contributed by atoms with Crippen molar-refractivity contribution in [1.82, 2.24) is 14.9 Å². The van der Waals surface area contributed by atoms with E-state index in [4.69, 9.17) is 0 Å². The number of imidazole rings is 1. The number of aryl methyl sites for hydroxylation is 1. The van der Waals surface area contributed by atoms with Crippen LogP contribution >= 0.6 is 0 Å². The number of rotatable bonds is 5. The smallest absolute Gasteiger partial charge is 0.220 e. The first-order valence-corrected chi connectivity index (χ1v) is 7.83. The van der Waals surface area contributed by atoms with Gasteiger partial charge in [0.1, 0.15) is 5.82 Å². The van der Waals surface area contributed by atoms with Crippen LogP contribution in [0.5, 0.6) is 0 Å². The van der Waals surface area contributed by atoms with Gasteiger partial charge in [0.15, 0.2) is 0 Å². The first-order chi connectivity index (χ1) is 11.1. The van der Waals surface area contributed by atoms with Gasteiger partial charge in [-0.3, -0.25) is 4.79 Å². The Labute approximate surface area is 134 Å². The monoisotopic (exact) mass is 317 g/mol. The molecule has 1 aromatic heterocycles. The summed E-state index contributed by atoms with van der Waals surface area (Å²) in [6.45, 7) is 0. The molecule has 3 rings (SSSR count). The molecule has 0 bridgehead atoms. The third-order valence-electron chi connectivity index (χ3n) is 4.41. The van der Waals surface area contributed by atoms with Crippen molar-refractivity contribution in [3.63, 3.8) is 0 Å². The summed E-state index contributed by atoms with van der Waals surface area (Å²) in [5, 5.41) is 13.2. The number of aromatic nitrogens is 2. The van der Waals surface area contributed by atoms with Gasteiger partial charge in [0.05, 0.1) is 24.5 Å². The molecule has 1 saturated carbocycles. The lowest BCUT2D eigenvalue weighted by molar-refractivity contribution is -0.122. The predicted molar refractivity (Wildman–Crippen MR) is 83.2 cm³/mol. The molecule has 122 valence electrons. The lowest BCUT2D eigenvalue weighted by Gasteiger charge is -2.21. The molecule has 0 radical (unpaired) electrons. The molecule has 6 heteroatoms. The third kappa shape index (κ3) is 3.59. The van der Waals surface area contributed by atoms with Gasteiger partial charge < -0.3 is 15.0 Å². The fourth-order valence-electron chi connectivity index (χ4n) is 3.14. The molecule has 0 aliphatic heterocycles. The number of carbonyl (C=O) groups excluding carboxylic acids is 1. The van der Waals surface area contributed by atoms with Crippen LogP contribution in [0, 0.1) is 5.82 Å². The van der Waals surface area contributed by atoms with Crippen LogP contribution in [0.2, 0.25) is 0 Å². The Balaban J connectivity index is 1.51. The zero-order valence-corrected chi connectivity index (χ0v) is 12.7. The number of nitrogens with zero attached hydrogens (tertiary/aromatic N) is 2. The maximum absolute atomic E-state index is 13.5. The minimum Gasteiger partial charge on any atom is -0.389 e. The van der Waals surface area contributed by atoms with E-state index in [1.54, 1.807) is 30.7 Å². The molecule has 2 N–H and O–H groups in total. The van der Waals surface area contributed by atoms with Crippen molar-refractivity contribution in [1.29, 1.82) is 0 Å². The molecule has 2 aromatic rings. The zero-order valence-electron chi connectivity index (χ0n) is 12.7. The van der Waals surface area contributed by atoms with Crippen molar-refractivity contribution in [2.24, 2.45) is 0 Å². The Morgan fingerprint density at radius 2 is 2.22 bits per heavy atom. The van der Waals surface area contributed by atoms with Gasteiger partial charge in [0.2, 0.25) is 5.91 Å². The second-order valence-corrected chi connectivity index (χ2v) is 5.91. The van der Waals surface area contributed by atoms with E-state index in [2.05, 4.69) is 10.3 Å². The largest absolute Gasteiger partial charge is 0.389 e. The average Bonchev–Trinajstić information content (AvgIpc) is 3.17. The van der Waals surface area contributed by atoms with Crippen LogP contribution in [0.3, 0.4) is 0 Å². The minimum absolute atomic E-state index is 0.0608. The van der Waals surface area contributed by atoms with E-state index >= 15 is 0 Å². The second kappa shape index (κ2) is 6.91. The summed E-state index contributed by atoms with van der Waals surface area (Å²) in [7, 11) is 0. The molecule has 0 unspecified atom stereocenters. The number of aliphatic hydroxyl groups excluding tert-OH is 1. The minimum atomic E-state index is -0.637. The van der Waals surface area contributed by atoms with E-state index in [0.717, 1.165) is 12.8 Å². The van der Waals surface area contributed by atoms with E-state index < -0.39 is 6.10 Å². The quantitative estimate of drug-likeness (QED) is 0.884. The third-order valence-corrected chi connectivity index (χ3v) is 4.41. The SMILES string of the molecule is O=C(CCc1ccccc1F)N[C@@H]1CC[C@@H](n2ccnc2)[C@@H]1O. The molecule has 1 aromatic carbocycles. The van der Waals surface area contributed by atoms with Gasteiger partial charge in [-0.05, 0) is 30.9 Å². The van der Waals surface area contributed by atoms with Gasteiger partial charge >= 0.3 is 0 Å². The molecular formula is C17H20FN3O2. The number of hydrogen-bond donors (Lipinski definition) is 2. The highest BCUT2D eigenvalue weighted by molar-refractivity contribution is 5.76. The van der Waals surface area contributed by atoms with E-state index in [9.17, 15) is 14.3 Å². The van der Waals surface area contributed by atoms with E-state index in [1.165, 1.54) is 6.07 Å². The summed E-state index contributed by atoms with van der Waals surface area (Å²) in [6.07, 6.45) is 6.60. The number of benzene rings is 1. The van der Waals surface area contributed by atoms with E-state index in [1.807, 2.05) is 10.8 Å². The van der Waals surface area contributed by atoms with Crippen LogP contribution in [0.25, 0.3) is 0 Å². The van der Waals surface area contributed by atoms with Gasteiger partial charge in [-0.25, -0.2) is 9.37 Å². The van der Waals surface area contributed by atoms with Crippen molar-refractivity contribution >= 4 is 5.91 Å². The van der Waals surface area contributed by atoms with Crippen molar-refractivity contribution < 1.29 is 14.3 Å². The van der Waals surface area contributed by atoms with Crippen LogP contribution in [0.1, 0.15) is 30.9 Å². The first kappa shape index (κ1) is 15.7. The van der Waals surface area contributed by atoms with Crippen LogP contribution < -0.4 is 5.32 Å². The lowest BCUT2D eigenvalue weighted by Crippen LogP contribution is -2.42. The normalized spacial score (nSPS) is 23.8. The molecule has 1 heterocycles. The fraction of sp³-hybridized carbons (Fsp3) is 0.412. The van der Waals surface area contributed by atoms with Gasteiger partial charge in [-0.2, -0.15) is 0 Å². The highest BCUT2D eigenvalue weighted by Gasteiger charge is 2.36.